The minimum Gasteiger partial charge on any atom is -0.369 e. The Morgan fingerprint density at radius 1 is 1.00 bits per heavy atom. The summed E-state index contributed by atoms with van der Waals surface area (Å²) < 4.78 is 3.15. The SMILES string of the molecule is NC(=O)C1CCN(c2ncnc3c2c(-c2ccccc2)cn3-c2ccc(Br)cc2)CC1. The number of carbonyl (C=O) groups is 1. The molecule has 7 heteroatoms. The summed E-state index contributed by atoms with van der Waals surface area (Å²) in [5.41, 5.74) is 9.64. The zero-order chi connectivity index (χ0) is 21.4. The molecule has 0 atom stereocenters. The van der Waals surface area contributed by atoms with Crippen LogP contribution in [0, 0.1) is 5.92 Å². The van der Waals surface area contributed by atoms with Gasteiger partial charge in [-0.2, -0.15) is 0 Å². The summed E-state index contributed by atoms with van der Waals surface area (Å²) >= 11 is 3.51. The first-order valence-corrected chi connectivity index (χ1v) is 11.1. The highest BCUT2D eigenvalue weighted by molar-refractivity contribution is 9.10. The minimum atomic E-state index is -0.209. The number of carbonyl (C=O) groups excluding carboxylic acids is 1. The molecular weight excluding hydrogens is 454 g/mol. The van der Waals surface area contributed by atoms with Crippen molar-refractivity contribution in [3.63, 3.8) is 0 Å². The number of piperidine rings is 1. The molecule has 31 heavy (non-hydrogen) atoms. The fourth-order valence-corrected chi connectivity index (χ4v) is 4.56. The molecule has 1 saturated heterocycles. The van der Waals surface area contributed by atoms with Crippen LogP contribution < -0.4 is 10.6 Å². The van der Waals surface area contributed by atoms with Crippen molar-refractivity contribution in [3.05, 3.63) is 71.6 Å². The molecule has 0 aliphatic carbocycles. The third-order valence-electron chi connectivity index (χ3n) is 5.95. The maximum atomic E-state index is 11.6. The molecule has 2 aromatic carbocycles. The molecule has 5 rings (SSSR count). The Balaban J connectivity index is 1.67. The van der Waals surface area contributed by atoms with Gasteiger partial charge in [0.05, 0.1) is 5.39 Å². The van der Waals surface area contributed by atoms with Gasteiger partial charge in [0.1, 0.15) is 12.1 Å². The van der Waals surface area contributed by atoms with Crippen molar-refractivity contribution in [2.45, 2.75) is 12.8 Å². The molecule has 4 aromatic rings. The lowest BCUT2D eigenvalue weighted by Crippen LogP contribution is -2.39. The van der Waals surface area contributed by atoms with Gasteiger partial charge >= 0.3 is 0 Å². The van der Waals surface area contributed by atoms with E-state index < -0.39 is 0 Å². The fraction of sp³-hybridized carbons (Fsp3) is 0.208. The second kappa shape index (κ2) is 8.15. The highest BCUT2D eigenvalue weighted by Gasteiger charge is 2.27. The lowest BCUT2D eigenvalue weighted by atomic mass is 9.96. The number of aromatic nitrogens is 3. The molecule has 0 radical (unpaired) electrons. The third kappa shape index (κ3) is 3.70. The number of benzene rings is 2. The van der Waals surface area contributed by atoms with Gasteiger partial charge in [-0.15, -0.1) is 0 Å². The molecule has 1 aliphatic heterocycles. The van der Waals surface area contributed by atoms with Crippen molar-refractivity contribution in [2.24, 2.45) is 11.7 Å². The molecular formula is C24H22BrN5O. The maximum Gasteiger partial charge on any atom is 0.220 e. The number of nitrogens with zero attached hydrogens (tertiary/aromatic N) is 4. The maximum absolute atomic E-state index is 11.6. The second-order valence-electron chi connectivity index (χ2n) is 7.81. The fourth-order valence-electron chi connectivity index (χ4n) is 4.30. The van der Waals surface area contributed by atoms with Crippen LogP contribution in [-0.4, -0.2) is 33.5 Å². The molecule has 1 amide bonds. The van der Waals surface area contributed by atoms with Crippen LogP contribution in [0.5, 0.6) is 0 Å². The number of anilines is 1. The first-order chi connectivity index (χ1) is 15.1. The van der Waals surface area contributed by atoms with Crippen molar-refractivity contribution in [1.29, 1.82) is 0 Å². The predicted octanol–water partition coefficient (Wildman–Crippen LogP) is 4.55. The van der Waals surface area contributed by atoms with Gasteiger partial charge in [0.15, 0.2) is 5.65 Å². The number of rotatable bonds is 4. The van der Waals surface area contributed by atoms with E-state index in [0.717, 1.165) is 64.1 Å². The van der Waals surface area contributed by atoms with Crippen molar-refractivity contribution >= 4 is 38.7 Å². The number of amides is 1. The predicted molar refractivity (Wildman–Crippen MR) is 126 cm³/mol. The zero-order valence-corrected chi connectivity index (χ0v) is 18.5. The van der Waals surface area contributed by atoms with E-state index in [0.29, 0.717) is 0 Å². The van der Waals surface area contributed by atoms with E-state index in [9.17, 15) is 4.79 Å². The molecule has 0 unspecified atom stereocenters. The summed E-state index contributed by atoms with van der Waals surface area (Å²) in [5.74, 6) is 0.635. The standard InChI is InChI=1S/C24H22BrN5O/c25-18-6-8-19(9-7-18)30-14-20(16-4-2-1-3-5-16)21-23(27-15-28-24(21)30)29-12-10-17(11-13-29)22(26)31/h1-9,14-15,17H,10-13H2,(H2,26,31). The normalized spacial score (nSPS) is 14.8. The summed E-state index contributed by atoms with van der Waals surface area (Å²) in [4.78, 5) is 23.2. The molecule has 3 heterocycles. The van der Waals surface area contributed by atoms with Gasteiger partial charge < -0.3 is 15.2 Å². The molecule has 2 N–H and O–H groups in total. The topological polar surface area (TPSA) is 77.0 Å². The molecule has 0 saturated carbocycles. The Morgan fingerprint density at radius 3 is 2.39 bits per heavy atom. The summed E-state index contributed by atoms with van der Waals surface area (Å²) in [7, 11) is 0. The van der Waals surface area contributed by atoms with E-state index in [-0.39, 0.29) is 11.8 Å². The Bertz CT molecular complexity index is 1230. The van der Waals surface area contributed by atoms with Crippen LogP contribution in [0.25, 0.3) is 27.8 Å². The van der Waals surface area contributed by atoms with E-state index in [4.69, 9.17) is 5.73 Å². The van der Waals surface area contributed by atoms with Crippen molar-refractivity contribution < 1.29 is 4.79 Å². The quantitative estimate of drug-likeness (QED) is 0.469. The molecule has 6 nitrogen and oxygen atoms in total. The van der Waals surface area contributed by atoms with Gasteiger partial charge in [0, 0.05) is 40.9 Å². The lowest BCUT2D eigenvalue weighted by molar-refractivity contribution is -0.122. The first kappa shape index (κ1) is 19.8. The molecule has 2 aromatic heterocycles. The van der Waals surface area contributed by atoms with Crippen molar-refractivity contribution in [1.82, 2.24) is 14.5 Å². The van der Waals surface area contributed by atoms with Crippen LogP contribution in [0.15, 0.2) is 71.6 Å². The van der Waals surface area contributed by atoms with Gasteiger partial charge in [-0.3, -0.25) is 4.79 Å². The summed E-state index contributed by atoms with van der Waals surface area (Å²) in [6.07, 6.45) is 5.25. The first-order valence-electron chi connectivity index (χ1n) is 10.3. The highest BCUT2D eigenvalue weighted by Crippen LogP contribution is 2.37. The average molecular weight is 476 g/mol. The van der Waals surface area contributed by atoms with Gasteiger partial charge in [-0.1, -0.05) is 46.3 Å². The molecule has 1 aliphatic rings. The Kier molecular flexibility index (Phi) is 5.19. The van der Waals surface area contributed by atoms with Crippen LogP contribution in [-0.2, 0) is 4.79 Å². The summed E-state index contributed by atoms with van der Waals surface area (Å²) in [6.45, 7) is 1.49. The molecule has 0 spiro atoms. The van der Waals surface area contributed by atoms with Crippen LogP contribution in [0.1, 0.15) is 12.8 Å². The molecule has 1 fully saturated rings. The zero-order valence-electron chi connectivity index (χ0n) is 16.9. The van der Waals surface area contributed by atoms with E-state index in [1.165, 1.54) is 0 Å². The number of halogens is 1. The monoisotopic (exact) mass is 475 g/mol. The Morgan fingerprint density at radius 2 is 1.71 bits per heavy atom. The van der Waals surface area contributed by atoms with Gasteiger partial charge in [0.25, 0.3) is 0 Å². The Labute approximate surface area is 188 Å². The smallest absolute Gasteiger partial charge is 0.220 e. The largest absolute Gasteiger partial charge is 0.369 e. The van der Waals surface area contributed by atoms with Crippen LogP contribution in [0.4, 0.5) is 5.82 Å². The van der Waals surface area contributed by atoms with Gasteiger partial charge in [-0.05, 0) is 42.7 Å². The number of hydrogen-bond acceptors (Lipinski definition) is 4. The highest BCUT2D eigenvalue weighted by atomic mass is 79.9. The van der Waals surface area contributed by atoms with E-state index in [2.05, 4.69) is 65.8 Å². The Hall–Kier alpha value is -3.19. The average Bonchev–Trinajstić information content (AvgIpc) is 3.20. The number of nitrogens with two attached hydrogens (primary N) is 1. The summed E-state index contributed by atoms with van der Waals surface area (Å²) in [5, 5.41) is 1.02. The lowest BCUT2D eigenvalue weighted by Gasteiger charge is -2.31. The van der Waals surface area contributed by atoms with Crippen molar-refractivity contribution in [2.75, 3.05) is 18.0 Å². The number of primary amides is 1. The van der Waals surface area contributed by atoms with E-state index in [1.54, 1.807) is 6.33 Å². The molecule has 0 bridgehead atoms. The number of fused-ring (bicyclic) bond motifs is 1. The number of hydrogen-bond donors (Lipinski definition) is 1. The van der Waals surface area contributed by atoms with Crippen LogP contribution >= 0.6 is 15.9 Å². The second-order valence-corrected chi connectivity index (χ2v) is 8.73. The third-order valence-corrected chi connectivity index (χ3v) is 6.48. The summed E-state index contributed by atoms with van der Waals surface area (Å²) in [6, 6.07) is 18.5. The van der Waals surface area contributed by atoms with Crippen LogP contribution in [0.3, 0.4) is 0 Å². The van der Waals surface area contributed by atoms with Gasteiger partial charge in [-0.25, -0.2) is 9.97 Å². The van der Waals surface area contributed by atoms with Gasteiger partial charge in [0.2, 0.25) is 5.91 Å². The van der Waals surface area contributed by atoms with Crippen LogP contribution in [0.2, 0.25) is 0 Å². The van der Waals surface area contributed by atoms with Crippen molar-refractivity contribution in [3.8, 4) is 16.8 Å². The van der Waals surface area contributed by atoms with E-state index in [1.807, 2.05) is 30.3 Å². The molecule has 156 valence electrons. The van der Waals surface area contributed by atoms with E-state index >= 15 is 0 Å². The minimum absolute atomic E-state index is 0.0606.